The normalized spacial score (nSPS) is 15.9. The molecule has 17 heavy (non-hydrogen) atoms. The van der Waals surface area contributed by atoms with Gasteiger partial charge >= 0.3 is 5.97 Å². The van der Waals surface area contributed by atoms with Crippen LogP contribution in [0.4, 0.5) is 5.00 Å². The number of morpholine rings is 1. The van der Waals surface area contributed by atoms with E-state index in [0.29, 0.717) is 19.8 Å². The Bertz CT molecular complexity index is 398. The maximum Gasteiger partial charge on any atom is 0.352 e. The number of carbonyl (C=O) groups is 1. The van der Waals surface area contributed by atoms with E-state index in [9.17, 15) is 9.90 Å². The molecule has 0 unspecified atom stereocenters. The van der Waals surface area contributed by atoms with Crippen molar-refractivity contribution in [1.82, 2.24) is 0 Å². The Morgan fingerprint density at radius 3 is 2.94 bits per heavy atom. The molecule has 1 N–H and O–H groups in total. The Labute approximate surface area is 104 Å². The number of esters is 1. The van der Waals surface area contributed by atoms with Gasteiger partial charge in [-0.1, -0.05) is 0 Å². The van der Waals surface area contributed by atoms with Crippen LogP contribution in [0.25, 0.3) is 0 Å². The van der Waals surface area contributed by atoms with Crippen molar-refractivity contribution in [2.24, 2.45) is 0 Å². The lowest BCUT2D eigenvalue weighted by atomic mass is 10.4. The lowest BCUT2D eigenvalue weighted by Gasteiger charge is -2.27. The van der Waals surface area contributed by atoms with Crippen LogP contribution in [-0.2, 0) is 9.47 Å². The predicted molar refractivity (Wildman–Crippen MR) is 65.0 cm³/mol. The third-order valence-corrected chi connectivity index (χ3v) is 3.65. The Hall–Kier alpha value is -1.27. The molecule has 0 bridgehead atoms. The first kappa shape index (κ1) is 12.2. The van der Waals surface area contributed by atoms with Crippen LogP contribution in [0.1, 0.15) is 16.6 Å². The van der Waals surface area contributed by atoms with Gasteiger partial charge in [0.05, 0.1) is 24.8 Å². The minimum Gasteiger partial charge on any atom is -0.506 e. The highest BCUT2D eigenvalue weighted by Crippen LogP contribution is 2.35. The molecule has 5 nitrogen and oxygen atoms in total. The van der Waals surface area contributed by atoms with Gasteiger partial charge in [-0.15, -0.1) is 11.3 Å². The smallest absolute Gasteiger partial charge is 0.352 e. The Kier molecular flexibility index (Phi) is 3.86. The van der Waals surface area contributed by atoms with Crippen molar-refractivity contribution in [3.8, 4) is 5.75 Å². The maximum atomic E-state index is 11.5. The molecule has 0 atom stereocenters. The predicted octanol–water partition coefficient (Wildman–Crippen LogP) is 1.47. The molecule has 1 fully saturated rings. The van der Waals surface area contributed by atoms with Crippen LogP contribution in [0.3, 0.4) is 0 Å². The van der Waals surface area contributed by atoms with Gasteiger partial charge in [0.15, 0.2) is 4.88 Å². The number of carbonyl (C=O) groups excluding carboxylic acids is 1. The molecule has 0 aliphatic carbocycles. The highest BCUT2D eigenvalue weighted by Gasteiger charge is 2.21. The summed E-state index contributed by atoms with van der Waals surface area (Å²) in [5, 5.41) is 10.6. The summed E-state index contributed by atoms with van der Waals surface area (Å²) < 4.78 is 10.1. The summed E-state index contributed by atoms with van der Waals surface area (Å²) in [6.45, 7) is 4.96. The monoisotopic (exact) mass is 257 g/mol. The van der Waals surface area contributed by atoms with Crippen LogP contribution < -0.4 is 4.90 Å². The number of nitrogens with zero attached hydrogens (tertiary/aromatic N) is 1. The number of hydrogen-bond donors (Lipinski definition) is 1. The summed E-state index contributed by atoms with van der Waals surface area (Å²) in [5.74, 6) is -0.468. The van der Waals surface area contributed by atoms with Gasteiger partial charge in [-0.2, -0.15) is 0 Å². The molecule has 0 saturated carbocycles. The Morgan fingerprint density at radius 1 is 1.59 bits per heavy atom. The number of thiophene rings is 1. The highest BCUT2D eigenvalue weighted by molar-refractivity contribution is 7.18. The van der Waals surface area contributed by atoms with Crippen LogP contribution in [-0.4, -0.2) is 44.0 Å². The fourth-order valence-electron chi connectivity index (χ4n) is 1.65. The van der Waals surface area contributed by atoms with Crippen molar-refractivity contribution in [2.75, 3.05) is 37.8 Å². The lowest BCUT2D eigenvalue weighted by molar-refractivity contribution is 0.0529. The lowest BCUT2D eigenvalue weighted by Crippen LogP contribution is -2.35. The second-order valence-corrected chi connectivity index (χ2v) is 4.65. The first-order valence-electron chi connectivity index (χ1n) is 5.55. The average molecular weight is 257 g/mol. The van der Waals surface area contributed by atoms with Crippen LogP contribution in [0.2, 0.25) is 0 Å². The van der Waals surface area contributed by atoms with Gasteiger partial charge in [0.25, 0.3) is 0 Å². The van der Waals surface area contributed by atoms with E-state index in [0.717, 1.165) is 18.1 Å². The summed E-state index contributed by atoms with van der Waals surface area (Å²) in [6.07, 6.45) is 0. The molecule has 1 aromatic rings. The maximum absolute atomic E-state index is 11.5. The van der Waals surface area contributed by atoms with Gasteiger partial charge in [0, 0.05) is 19.2 Å². The Balaban J connectivity index is 2.14. The van der Waals surface area contributed by atoms with Crippen molar-refractivity contribution < 1.29 is 19.4 Å². The minimum absolute atomic E-state index is 0.00468. The van der Waals surface area contributed by atoms with Crippen molar-refractivity contribution in [1.29, 1.82) is 0 Å². The van der Waals surface area contributed by atoms with Crippen molar-refractivity contribution in [2.45, 2.75) is 6.92 Å². The standard InChI is InChI=1S/C11H15NO4S/c1-2-16-11(14)10-8(13)7-9(17-10)12-3-5-15-6-4-12/h7,13H,2-6H2,1H3. The van der Waals surface area contributed by atoms with E-state index in [2.05, 4.69) is 4.90 Å². The van der Waals surface area contributed by atoms with E-state index in [4.69, 9.17) is 9.47 Å². The van der Waals surface area contributed by atoms with Crippen LogP contribution in [0, 0.1) is 0 Å². The molecular formula is C11H15NO4S. The molecule has 1 aromatic heterocycles. The molecule has 0 aromatic carbocycles. The van der Waals surface area contributed by atoms with Gasteiger partial charge in [-0.25, -0.2) is 4.79 Å². The second-order valence-electron chi connectivity index (χ2n) is 3.62. The number of rotatable bonds is 3. The first-order valence-corrected chi connectivity index (χ1v) is 6.36. The van der Waals surface area contributed by atoms with Crippen LogP contribution >= 0.6 is 11.3 Å². The average Bonchev–Trinajstić information content (AvgIpc) is 2.73. The van der Waals surface area contributed by atoms with E-state index >= 15 is 0 Å². The number of ether oxygens (including phenoxy) is 2. The van der Waals surface area contributed by atoms with Gasteiger partial charge in [0.2, 0.25) is 0 Å². The SMILES string of the molecule is CCOC(=O)c1sc(N2CCOCC2)cc1O. The molecule has 1 aliphatic heterocycles. The first-order chi connectivity index (χ1) is 8.22. The minimum atomic E-state index is -0.463. The zero-order valence-corrected chi connectivity index (χ0v) is 10.5. The fourth-order valence-corrected chi connectivity index (χ4v) is 2.65. The third-order valence-electron chi connectivity index (χ3n) is 2.48. The molecule has 0 amide bonds. The summed E-state index contributed by atoms with van der Waals surface area (Å²) in [7, 11) is 0. The van der Waals surface area contributed by atoms with E-state index in [1.54, 1.807) is 13.0 Å². The van der Waals surface area contributed by atoms with Crippen molar-refractivity contribution in [3.05, 3.63) is 10.9 Å². The van der Waals surface area contributed by atoms with Gasteiger partial charge in [-0.05, 0) is 6.92 Å². The van der Waals surface area contributed by atoms with E-state index in [-0.39, 0.29) is 10.6 Å². The molecule has 94 valence electrons. The largest absolute Gasteiger partial charge is 0.506 e. The molecule has 1 saturated heterocycles. The van der Waals surface area contributed by atoms with E-state index in [1.165, 1.54) is 11.3 Å². The summed E-state index contributed by atoms with van der Waals surface area (Å²) in [4.78, 5) is 13.9. The molecule has 0 radical (unpaired) electrons. The molecule has 0 spiro atoms. The van der Waals surface area contributed by atoms with Crippen molar-refractivity contribution >= 4 is 22.3 Å². The summed E-state index contributed by atoms with van der Waals surface area (Å²) >= 11 is 1.26. The van der Waals surface area contributed by atoms with Gasteiger partial charge in [0.1, 0.15) is 5.75 Å². The van der Waals surface area contributed by atoms with Crippen molar-refractivity contribution in [3.63, 3.8) is 0 Å². The van der Waals surface area contributed by atoms with Crippen LogP contribution in [0.15, 0.2) is 6.07 Å². The highest BCUT2D eigenvalue weighted by atomic mass is 32.1. The second kappa shape index (κ2) is 5.37. The van der Waals surface area contributed by atoms with E-state index in [1.807, 2.05) is 0 Å². The third kappa shape index (κ3) is 2.70. The zero-order valence-electron chi connectivity index (χ0n) is 9.64. The zero-order chi connectivity index (χ0) is 12.3. The Morgan fingerprint density at radius 2 is 2.29 bits per heavy atom. The van der Waals surface area contributed by atoms with Crippen LogP contribution in [0.5, 0.6) is 5.75 Å². The molecule has 6 heteroatoms. The topological polar surface area (TPSA) is 59.0 Å². The fraction of sp³-hybridized carbons (Fsp3) is 0.545. The molecule has 1 aliphatic rings. The van der Waals surface area contributed by atoms with E-state index < -0.39 is 5.97 Å². The number of aromatic hydroxyl groups is 1. The molecule has 2 heterocycles. The van der Waals surface area contributed by atoms with Gasteiger partial charge < -0.3 is 19.5 Å². The number of hydrogen-bond acceptors (Lipinski definition) is 6. The molecular weight excluding hydrogens is 242 g/mol. The quantitative estimate of drug-likeness (QED) is 0.831. The van der Waals surface area contributed by atoms with Gasteiger partial charge in [-0.3, -0.25) is 0 Å². The summed E-state index contributed by atoms with van der Waals surface area (Å²) in [5.41, 5.74) is 0. The molecule has 2 rings (SSSR count). The summed E-state index contributed by atoms with van der Waals surface area (Å²) in [6, 6.07) is 1.61. The number of anilines is 1.